The summed E-state index contributed by atoms with van der Waals surface area (Å²) in [5, 5.41) is 0. The van der Waals surface area contributed by atoms with Crippen LogP contribution in [0.15, 0.2) is 22.6 Å². The highest BCUT2D eigenvalue weighted by molar-refractivity contribution is 7.99. The van der Waals surface area contributed by atoms with Crippen LogP contribution >= 0.6 is 11.9 Å². The molecule has 0 unspecified atom stereocenters. The predicted molar refractivity (Wildman–Crippen MR) is 72.1 cm³/mol. The van der Waals surface area contributed by atoms with E-state index < -0.39 is 0 Å². The fourth-order valence-corrected chi connectivity index (χ4v) is 1.87. The Bertz CT molecular complexity index is 424. The van der Waals surface area contributed by atoms with Crippen molar-refractivity contribution in [3.05, 3.63) is 23.8 Å². The minimum Gasteiger partial charge on any atom is -0.454 e. The van der Waals surface area contributed by atoms with Crippen molar-refractivity contribution in [3.63, 3.8) is 0 Å². The van der Waals surface area contributed by atoms with Crippen LogP contribution in [0, 0.1) is 0 Å². The fraction of sp³-hybridized carbons (Fsp3) is 0.462. The molecule has 1 heterocycles. The summed E-state index contributed by atoms with van der Waals surface area (Å²) in [7, 11) is 0. The molecule has 0 aliphatic carbocycles. The average Bonchev–Trinajstić information content (AvgIpc) is 2.70. The molecule has 1 aromatic rings. The Morgan fingerprint density at radius 2 is 2.06 bits per heavy atom. The van der Waals surface area contributed by atoms with Gasteiger partial charge >= 0.3 is 0 Å². The van der Waals surface area contributed by atoms with Gasteiger partial charge in [-0.2, -0.15) is 0 Å². The van der Waals surface area contributed by atoms with Crippen LogP contribution in [0.4, 0.5) is 0 Å². The van der Waals surface area contributed by atoms with Crippen LogP contribution in [-0.4, -0.2) is 17.8 Å². The van der Waals surface area contributed by atoms with Gasteiger partial charge in [0.05, 0.1) is 0 Å². The predicted octanol–water partition coefficient (Wildman–Crippen LogP) is 3.48. The monoisotopic (exact) mass is 251 g/mol. The largest absolute Gasteiger partial charge is 0.454 e. The lowest BCUT2D eigenvalue weighted by Crippen LogP contribution is -2.05. The Balaban J connectivity index is 1.91. The normalized spacial score (nSPS) is 14.5. The van der Waals surface area contributed by atoms with E-state index in [1.54, 1.807) is 11.9 Å². The van der Waals surface area contributed by atoms with Gasteiger partial charge in [0.2, 0.25) is 6.79 Å². The Labute approximate surface area is 106 Å². The van der Waals surface area contributed by atoms with Gasteiger partial charge in [0.1, 0.15) is 0 Å². The van der Waals surface area contributed by atoms with Crippen molar-refractivity contribution in [1.29, 1.82) is 0 Å². The lowest BCUT2D eigenvalue weighted by atomic mass is 10.1. The number of nitrogens with zero attached hydrogens (tertiary/aromatic N) is 1. The van der Waals surface area contributed by atoms with Gasteiger partial charge in [-0.1, -0.05) is 6.07 Å². The number of rotatable bonds is 3. The van der Waals surface area contributed by atoms with Crippen LogP contribution in [0.1, 0.15) is 26.3 Å². The molecule has 3 nitrogen and oxygen atoms in total. The maximum absolute atomic E-state index is 5.33. The van der Waals surface area contributed by atoms with Crippen molar-refractivity contribution < 1.29 is 9.47 Å². The lowest BCUT2D eigenvalue weighted by Gasteiger charge is -2.12. The molecule has 0 radical (unpaired) electrons. The van der Waals surface area contributed by atoms with E-state index in [4.69, 9.17) is 9.47 Å². The van der Waals surface area contributed by atoms with Gasteiger partial charge in [-0.05, 0) is 50.4 Å². The minimum absolute atomic E-state index is 0.172. The minimum atomic E-state index is 0.172. The summed E-state index contributed by atoms with van der Waals surface area (Å²) in [6.45, 7) is 6.77. The first-order chi connectivity index (χ1) is 8.04. The van der Waals surface area contributed by atoms with E-state index in [1.165, 1.54) is 5.56 Å². The molecular weight excluding hydrogens is 234 g/mol. The summed E-state index contributed by atoms with van der Waals surface area (Å²) in [5.41, 5.74) is 1.19. The van der Waals surface area contributed by atoms with Crippen molar-refractivity contribution in [2.45, 2.75) is 31.9 Å². The second kappa shape index (κ2) is 5.00. The highest BCUT2D eigenvalue weighted by Crippen LogP contribution is 2.32. The summed E-state index contributed by atoms with van der Waals surface area (Å²) in [6.07, 6.45) is 2.76. The molecule has 0 bridgehead atoms. The number of benzene rings is 1. The van der Waals surface area contributed by atoms with Crippen LogP contribution in [0.2, 0.25) is 0 Å². The molecule has 1 aliphatic rings. The molecule has 4 heteroatoms. The van der Waals surface area contributed by atoms with Crippen LogP contribution < -0.4 is 9.47 Å². The summed E-state index contributed by atoms with van der Waals surface area (Å²) in [6, 6.07) is 6.00. The van der Waals surface area contributed by atoms with Crippen LogP contribution in [0.3, 0.4) is 0 Å². The molecule has 0 aromatic heterocycles. The number of ether oxygens (including phenoxy) is 2. The zero-order valence-corrected chi connectivity index (χ0v) is 11.2. The van der Waals surface area contributed by atoms with E-state index in [9.17, 15) is 0 Å². The van der Waals surface area contributed by atoms with Gasteiger partial charge < -0.3 is 9.47 Å². The molecule has 2 rings (SSSR count). The van der Waals surface area contributed by atoms with Gasteiger partial charge in [-0.25, -0.2) is 4.40 Å². The smallest absolute Gasteiger partial charge is 0.231 e. The maximum atomic E-state index is 5.33. The summed E-state index contributed by atoms with van der Waals surface area (Å²) in [5.74, 6) is 1.66. The van der Waals surface area contributed by atoms with Gasteiger partial charge in [-0.15, -0.1) is 0 Å². The van der Waals surface area contributed by atoms with Gasteiger partial charge in [0.15, 0.2) is 11.5 Å². The molecule has 0 fully saturated rings. The van der Waals surface area contributed by atoms with Crippen LogP contribution in [0.5, 0.6) is 11.5 Å². The molecule has 1 aromatic carbocycles. The zero-order valence-electron chi connectivity index (χ0n) is 10.4. The van der Waals surface area contributed by atoms with Crippen molar-refractivity contribution >= 4 is 18.2 Å². The molecule has 0 amide bonds. The Morgan fingerprint density at radius 1 is 1.29 bits per heavy atom. The topological polar surface area (TPSA) is 30.8 Å². The second-order valence-corrected chi connectivity index (χ2v) is 6.50. The molecule has 17 heavy (non-hydrogen) atoms. The number of fused-ring (bicyclic) bond motifs is 1. The lowest BCUT2D eigenvalue weighted by molar-refractivity contribution is 0.174. The third kappa shape index (κ3) is 3.66. The Hall–Kier alpha value is -1.16. The number of hydrogen-bond acceptors (Lipinski definition) is 4. The third-order valence-corrected chi connectivity index (χ3v) is 2.97. The van der Waals surface area contributed by atoms with Gasteiger partial charge in [0, 0.05) is 17.4 Å². The molecule has 0 saturated carbocycles. The van der Waals surface area contributed by atoms with E-state index in [2.05, 4.69) is 25.2 Å². The molecule has 0 atom stereocenters. The summed E-state index contributed by atoms with van der Waals surface area (Å²) in [4.78, 5) is 0. The highest BCUT2D eigenvalue weighted by atomic mass is 32.2. The first-order valence-corrected chi connectivity index (χ1v) is 6.40. The van der Waals surface area contributed by atoms with E-state index >= 15 is 0 Å². The maximum Gasteiger partial charge on any atom is 0.231 e. The van der Waals surface area contributed by atoms with E-state index in [0.29, 0.717) is 6.79 Å². The van der Waals surface area contributed by atoms with Gasteiger partial charge in [0.25, 0.3) is 0 Å². The molecule has 0 spiro atoms. The quantitative estimate of drug-likeness (QED) is 0.608. The second-order valence-electron chi connectivity index (χ2n) is 4.88. The Kier molecular flexibility index (Phi) is 3.62. The number of hydrogen-bond donors (Lipinski definition) is 0. The van der Waals surface area contributed by atoms with Crippen molar-refractivity contribution in [2.24, 2.45) is 4.40 Å². The van der Waals surface area contributed by atoms with Crippen LogP contribution in [0.25, 0.3) is 0 Å². The van der Waals surface area contributed by atoms with Crippen molar-refractivity contribution in [1.82, 2.24) is 0 Å². The van der Waals surface area contributed by atoms with Crippen molar-refractivity contribution in [3.8, 4) is 11.5 Å². The Morgan fingerprint density at radius 3 is 2.82 bits per heavy atom. The molecule has 0 N–H and O–H groups in total. The molecule has 1 aliphatic heterocycles. The average molecular weight is 251 g/mol. The van der Waals surface area contributed by atoms with Crippen LogP contribution in [-0.2, 0) is 6.42 Å². The SMILES string of the molecule is CC(C)(C)S/N=C/Cc1ccc2c(c1)OCO2. The fourth-order valence-electron chi connectivity index (χ4n) is 1.41. The summed E-state index contributed by atoms with van der Waals surface area (Å²) < 4.78 is 15.1. The first kappa shape index (κ1) is 12.3. The zero-order chi connectivity index (χ0) is 12.3. The van der Waals surface area contributed by atoms with Crippen molar-refractivity contribution in [2.75, 3.05) is 6.79 Å². The molecule has 0 saturated heterocycles. The molecular formula is C13H17NO2S. The first-order valence-electron chi connectivity index (χ1n) is 5.63. The summed E-state index contributed by atoms with van der Waals surface area (Å²) >= 11 is 1.59. The molecule has 92 valence electrons. The standard InChI is InChI=1S/C13H17NO2S/c1-13(2,3)17-14-7-6-10-4-5-11-12(8-10)16-9-15-11/h4-5,7-8H,6,9H2,1-3H3/b14-7+. The van der Waals surface area contributed by atoms with E-state index in [1.807, 2.05) is 24.4 Å². The van der Waals surface area contributed by atoms with E-state index in [0.717, 1.165) is 17.9 Å². The van der Waals surface area contributed by atoms with E-state index in [-0.39, 0.29) is 4.75 Å². The highest BCUT2D eigenvalue weighted by Gasteiger charge is 2.12. The van der Waals surface area contributed by atoms with Gasteiger partial charge in [-0.3, -0.25) is 0 Å². The third-order valence-electron chi connectivity index (χ3n) is 2.17.